The van der Waals surface area contributed by atoms with Crippen LogP contribution in [0.5, 0.6) is 0 Å². The molecule has 2 rings (SSSR count). The molecule has 0 bridgehead atoms. The Labute approximate surface area is 130 Å². The summed E-state index contributed by atoms with van der Waals surface area (Å²) in [6.07, 6.45) is 0.741. The predicted molar refractivity (Wildman–Crippen MR) is 87.8 cm³/mol. The number of urea groups is 1. The second kappa shape index (κ2) is 6.71. The fourth-order valence-electron chi connectivity index (χ4n) is 2.55. The van der Waals surface area contributed by atoms with Crippen LogP contribution in [0.15, 0.2) is 18.2 Å². The minimum atomic E-state index is -0.746. The molecule has 2 amide bonds. The highest BCUT2D eigenvalue weighted by Gasteiger charge is 2.32. The van der Waals surface area contributed by atoms with Crippen molar-refractivity contribution < 1.29 is 9.90 Å². The Kier molecular flexibility index (Phi) is 5.17. The summed E-state index contributed by atoms with van der Waals surface area (Å²) >= 11 is 1.73. The van der Waals surface area contributed by atoms with Crippen molar-refractivity contribution in [1.82, 2.24) is 10.6 Å². The number of nitrogens with one attached hydrogen (secondary N) is 2. The zero-order chi connectivity index (χ0) is 15.5. The molecule has 21 heavy (non-hydrogen) atoms. The molecule has 5 heteroatoms. The number of aliphatic hydroxyl groups is 1. The third kappa shape index (κ3) is 4.14. The van der Waals surface area contributed by atoms with Crippen LogP contribution in [0.1, 0.15) is 36.1 Å². The average molecular weight is 308 g/mol. The van der Waals surface area contributed by atoms with E-state index < -0.39 is 5.60 Å². The number of hydrogen-bond donors (Lipinski definition) is 3. The van der Waals surface area contributed by atoms with Gasteiger partial charge in [-0.2, -0.15) is 11.8 Å². The molecule has 2 atom stereocenters. The number of amides is 2. The molecule has 0 spiro atoms. The molecule has 1 saturated heterocycles. The van der Waals surface area contributed by atoms with Gasteiger partial charge in [-0.1, -0.05) is 18.2 Å². The molecule has 3 N–H and O–H groups in total. The SMILES string of the molecule is Cc1cccc(C(C)NC(=O)NCC2(O)CCSC2)c1C. The van der Waals surface area contributed by atoms with E-state index in [4.69, 9.17) is 0 Å². The van der Waals surface area contributed by atoms with Crippen molar-refractivity contribution in [2.45, 2.75) is 38.8 Å². The topological polar surface area (TPSA) is 61.4 Å². The molecule has 1 fully saturated rings. The van der Waals surface area contributed by atoms with Gasteiger partial charge in [-0.25, -0.2) is 4.79 Å². The summed E-state index contributed by atoms with van der Waals surface area (Å²) in [4.78, 5) is 12.0. The van der Waals surface area contributed by atoms with Gasteiger partial charge in [0.25, 0.3) is 0 Å². The second-order valence-electron chi connectivity index (χ2n) is 5.86. The fraction of sp³-hybridized carbons (Fsp3) is 0.562. The molecule has 2 unspecified atom stereocenters. The molecule has 0 radical (unpaired) electrons. The third-order valence-electron chi connectivity index (χ3n) is 4.12. The monoisotopic (exact) mass is 308 g/mol. The van der Waals surface area contributed by atoms with Crippen LogP contribution in [0.3, 0.4) is 0 Å². The number of carbonyl (C=O) groups is 1. The number of thioether (sulfide) groups is 1. The summed E-state index contributed by atoms with van der Waals surface area (Å²) in [5, 5.41) is 15.9. The lowest BCUT2D eigenvalue weighted by Gasteiger charge is -2.23. The molecular formula is C16H24N2O2S. The van der Waals surface area contributed by atoms with E-state index in [1.54, 1.807) is 11.8 Å². The van der Waals surface area contributed by atoms with Gasteiger partial charge in [0.15, 0.2) is 0 Å². The van der Waals surface area contributed by atoms with E-state index in [0.29, 0.717) is 12.3 Å². The predicted octanol–water partition coefficient (Wildman–Crippen LogP) is 2.53. The Bertz CT molecular complexity index is 513. The van der Waals surface area contributed by atoms with E-state index >= 15 is 0 Å². The van der Waals surface area contributed by atoms with Crippen molar-refractivity contribution >= 4 is 17.8 Å². The van der Waals surface area contributed by atoms with Crippen LogP contribution in [-0.2, 0) is 0 Å². The van der Waals surface area contributed by atoms with Crippen LogP contribution in [-0.4, -0.2) is 34.8 Å². The first-order valence-electron chi connectivity index (χ1n) is 7.32. The van der Waals surface area contributed by atoms with E-state index in [0.717, 1.165) is 17.7 Å². The highest BCUT2D eigenvalue weighted by Crippen LogP contribution is 2.27. The molecule has 1 heterocycles. The summed E-state index contributed by atoms with van der Waals surface area (Å²) in [5.74, 6) is 1.65. The summed E-state index contributed by atoms with van der Waals surface area (Å²) in [6, 6.07) is 5.82. The van der Waals surface area contributed by atoms with Gasteiger partial charge >= 0.3 is 6.03 Å². The number of benzene rings is 1. The smallest absolute Gasteiger partial charge is 0.315 e. The van der Waals surface area contributed by atoms with Gasteiger partial charge in [0.05, 0.1) is 11.6 Å². The lowest BCUT2D eigenvalue weighted by molar-refractivity contribution is 0.0699. The molecule has 1 aromatic rings. The third-order valence-corrected chi connectivity index (χ3v) is 5.36. The number of hydrogen-bond acceptors (Lipinski definition) is 3. The first-order valence-corrected chi connectivity index (χ1v) is 8.47. The maximum Gasteiger partial charge on any atom is 0.315 e. The highest BCUT2D eigenvalue weighted by atomic mass is 32.2. The second-order valence-corrected chi connectivity index (χ2v) is 6.97. The number of rotatable bonds is 4. The van der Waals surface area contributed by atoms with Crippen molar-refractivity contribution in [3.63, 3.8) is 0 Å². The first kappa shape index (κ1) is 16.2. The molecule has 4 nitrogen and oxygen atoms in total. The minimum Gasteiger partial charge on any atom is -0.387 e. The molecular weight excluding hydrogens is 284 g/mol. The van der Waals surface area contributed by atoms with Gasteiger partial charge in [-0.05, 0) is 49.6 Å². The van der Waals surface area contributed by atoms with Gasteiger partial charge in [0.1, 0.15) is 0 Å². The molecule has 1 aliphatic heterocycles. The van der Waals surface area contributed by atoms with E-state index in [1.807, 2.05) is 19.1 Å². The fourth-order valence-corrected chi connectivity index (χ4v) is 3.84. The summed E-state index contributed by atoms with van der Waals surface area (Å²) in [5.41, 5.74) is 2.81. The highest BCUT2D eigenvalue weighted by molar-refractivity contribution is 7.99. The van der Waals surface area contributed by atoms with Crippen molar-refractivity contribution in [2.75, 3.05) is 18.1 Å². The molecule has 1 aliphatic rings. The summed E-state index contributed by atoms with van der Waals surface area (Å²) in [6.45, 7) is 6.42. The van der Waals surface area contributed by atoms with Crippen molar-refractivity contribution in [2.24, 2.45) is 0 Å². The maximum atomic E-state index is 12.0. The van der Waals surface area contributed by atoms with Crippen molar-refractivity contribution in [3.8, 4) is 0 Å². The lowest BCUT2D eigenvalue weighted by atomic mass is 9.98. The van der Waals surface area contributed by atoms with Gasteiger partial charge < -0.3 is 15.7 Å². The van der Waals surface area contributed by atoms with E-state index in [1.165, 1.54) is 11.1 Å². The van der Waals surface area contributed by atoms with Gasteiger partial charge in [-0.3, -0.25) is 0 Å². The first-order chi connectivity index (χ1) is 9.91. The normalized spacial score (nSPS) is 22.9. The quantitative estimate of drug-likeness (QED) is 0.801. The minimum absolute atomic E-state index is 0.0579. The largest absolute Gasteiger partial charge is 0.387 e. The average Bonchev–Trinajstić information content (AvgIpc) is 2.87. The number of carbonyl (C=O) groups excluding carboxylic acids is 1. The Morgan fingerprint density at radius 2 is 2.24 bits per heavy atom. The molecule has 0 aromatic heterocycles. The van der Waals surface area contributed by atoms with E-state index in [-0.39, 0.29) is 12.1 Å². The summed E-state index contributed by atoms with van der Waals surface area (Å²) < 4.78 is 0. The zero-order valence-electron chi connectivity index (χ0n) is 12.9. The Morgan fingerprint density at radius 3 is 2.90 bits per heavy atom. The summed E-state index contributed by atoms with van der Waals surface area (Å²) in [7, 11) is 0. The van der Waals surface area contributed by atoms with Crippen LogP contribution < -0.4 is 10.6 Å². The van der Waals surface area contributed by atoms with Crippen LogP contribution in [0, 0.1) is 13.8 Å². The molecule has 0 aliphatic carbocycles. The van der Waals surface area contributed by atoms with Crippen LogP contribution in [0.4, 0.5) is 4.79 Å². The maximum absolute atomic E-state index is 12.0. The van der Waals surface area contributed by atoms with Gasteiger partial charge in [0, 0.05) is 12.3 Å². The van der Waals surface area contributed by atoms with Crippen LogP contribution >= 0.6 is 11.8 Å². The lowest BCUT2D eigenvalue weighted by Crippen LogP contribution is -2.47. The van der Waals surface area contributed by atoms with E-state index in [9.17, 15) is 9.90 Å². The molecule has 0 saturated carbocycles. The zero-order valence-corrected chi connectivity index (χ0v) is 13.7. The Balaban J connectivity index is 1.88. The molecule has 116 valence electrons. The van der Waals surface area contributed by atoms with Crippen LogP contribution in [0.25, 0.3) is 0 Å². The standard InChI is InChI=1S/C16H24N2O2S/c1-11-5-4-6-14(12(11)2)13(3)18-15(19)17-9-16(20)7-8-21-10-16/h4-6,13,20H,7-10H2,1-3H3,(H2,17,18,19). The van der Waals surface area contributed by atoms with Crippen molar-refractivity contribution in [3.05, 3.63) is 34.9 Å². The van der Waals surface area contributed by atoms with Gasteiger partial charge in [0.2, 0.25) is 0 Å². The van der Waals surface area contributed by atoms with E-state index in [2.05, 4.69) is 30.5 Å². The van der Waals surface area contributed by atoms with Crippen molar-refractivity contribution in [1.29, 1.82) is 0 Å². The number of aryl methyl sites for hydroxylation is 1. The van der Waals surface area contributed by atoms with Gasteiger partial charge in [-0.15, -0.1) is 0 Å². The Hall–Kier alpha value is -1.20. The van der Waals surface area contributed by atoms with Crippen LogP contribution in [0.2, 0.25) is 0 Å². The Morgan fingerprint density at radius 1 is 1.48 bits per heavy atom. The molecule has 1 aromatic carbocycles.